The fraction of sp³-hybridized carbons (Fsp3) is 0.690. The number of nitrogens with one attached hydrogen (secondary N) is 1. The maximum absolute atomic E-state index is 11.9. The van der Waals surface area contributed by atoms with E-state index in [-0.39, 0.29) is 19.1 Å². The van der Waals surface area contributed by atoms with Crippen LogP contribution in [0.1, 0.15) is 78.1 Å². The van der Waals surface area contributed by atoms with E-state index < -0.39 is 14.1 Å². The molecule has 0 aliphatic carbocycles. The molecule has 8 nitrogen and oxygen atoms in total. The zero-order valence-corrected chi connectivity index (χ0v) is 25.4. The number of unbranched alkanes of at least 4 members (excludes halogenated alkanes) is 4. The second-order valence-electron chi connectivity index (χ2n) is 10.2. The monoisotopic (exact) mass is 557 g/mol. The first-order valence-corrected chi connectivity index (χ1v) is 15.5. The van der Waals surface area contributed by atoms with Gasteiger partial charge in [-0.3, -0.25) is 13.8 Å². The van der Waals surface area contributed by atoms with Crippen molar-refractivity contribution in [3.8, 4) is 0 Å². The molecule has 0 spiro atoms. The minimum absolute atomic E-state index is 0.0467. The van der Waals surface area contributed by atoms with Gasteiger partial charge in [0.25, 0.3) is 0 Å². The molecule has 0 bridgehead atoms. The van der Waals surface area contributed by atoms with E-state index in [4.69, 9.17) is 13.8 Å². The highest BCUT2D eigenvalue weighted by Gasteiger charge is 2.25. The number of allylic oxidation sites excluding steroid dienone is 8. The number of phosphoric ester groups is 1. The first-order valence-electron chi connectivity index (χ1n) is 14.0. The Labute approximate surface area is 232 Å². The third-order valence-electron chi connectivity index (χ3n) is 5.31. The Bertz CT molecular complexity index is 759. The zero-order chi connectivity index (χ0) is 28.5. The van der Waals surface area contributed by atoms with Crippen LogP contribution in [0.25, 0.3) is 0 Å². The molecule has 0 aromatic carbocycles. The van der Waals surface area contributed by atoms with Crippen molar-refractivity contribution < 1.29 is 32.5 Å². The first-order chi connectivity index (χ1) is 18.1. The molecule has 2 N–H and O–H groups in total. The number of likely N-dealkylation sites (N-methyl/N-ethyl adjacent to an activating group) is 1. The Balaban J connectivity index is 3.71. The second-order valence-corrected chi connectivity index (χ2v) is 11.6. The van der Waals surface area contributed by atoms with Crippen molar-refractivity contribution in [2.24, 2.45) is 0 Å². The first kappa shape index (κ1) is 36.5. The van der Waals surface area contributed by atoms with E-state index in [1.54, 1.807) is 0 Å². The van der Waals surface area contributed by atoms with Crippen molar-refractivity contribution in [3.05, 3.63) is 48.6 Å². The van der Waals surface area contributed by atoms with Gasteiger partial charge in [-0.25, -0.2) is 4.57 Å². The molecule has 0 saturated heterocycles. The van der Waals surface area contributed by atoms with Gasteiger partial charge in [0.05, 0.1) is 27.7 Å². The van der Waals surface area contributed by atoms with Crippen LogP contribution in [0.15, 0.2) is 48.6 Å². The van der Waals surface area contributed by atoms with Crippen LogP contribution in [0, 0.1) is 0 Å². The maximum Gasteiger partial charge on any atom is 0.474 e. The van der Waals surface area contributed by atoms with Crippen LogP contribution >= 0.6 is 7.82 Å². The van der Waals surface area contributed by atoms with Gasteiger partial charge in [-0.2, -0.15) is 0 Å². The summed E-state index contributed by atoms with van der Waals surface area (Å²) in [6.45, 7) is 4.88. The Kier molecular flexibility index (Phi) is 22.4. The van der Waals surface area contributed by atoms with Crippen molar-refractivity contribution in [1.82, 2.24) is 5.32 Å². The molecule has 9 heteroatoms. The molecular formula is C29H54N2O6P+. The molecule has 2 unspecified atom stereocenters. The van der Waals surface area contributed by atoms with E-state index in [0.29, 0.717) is 24.0 Å². The highest BCUT2D eigenvalue weighted by Crippen LogP contribution is 2.44. The molecule has 1 amide bonds. The average molecular weight is 558 g/mol. The van der Waals surface area contributed by atoms with E-state index >= 15 is 0 Å². The van der Waals surface area contributed by atoms with Crippen molar-refractivity contribution >= 4 is 13.7 Å². The summed E-state index contributed by atoms with van der Waals surface area (Å²) in [5.41, 5.74) is 0. The zero-order valence-electron chi connectivity index (χ0n) is 24.5. The van der Waals surface area contributed by atoms with Crippen LogP contribution in [-0.4, -0.2) is 69.0 Å². The van der Waals surface area contributed by atoms with E-state index in [1.165, 1.54) is 32.6 Å². The summed E-state index contributed by atoms with van der Waals surface area (Å²) in [7, 11) is 1.69. The third kappa shape index (κ3) is 27.5. The number of nitrogens with zero attached hydrogens (tertiary/aromatic N) is 1. The van der Waals surface area contributed by atoms with Crippen molar-refractivity contribution in [1.29, 1.82) is 0 Å². The van der Waals surface area contributed by atoms with Gasteiger partial charge in [-0.05, 0) is 51.9 Å². The topological polar surface area (TPSA) is 94.1 Å². The Hall–Kier alpha value is -1.54. The lowest BCUT2D eigenvalue weighted by molar-refractivity contribution is -0.870. The number of phosphoric acid groups is 1. The van der Waals surface area contributed by atoms with Gasteiger partial charge in [-0.1, -0.05) is 68.4 Å². The number of rotatable bonds is 24. The Morgan fingerprint density at radius 2 is 1.45 bits per heavy atom. The third-order valence-corrected chi connectivity index (χ3v) is 6.38. The Morgan fingerprint density at radius 3 is 2.00 bits per heavy atom. The number of carbonyl (C=O) groups is 1. The van der Waals surface area contributed by atoms with Gasteiger partial charge in [-0.15, -0.1) is 0 Å². The van der Waals surface area contributed by atoms with Crippen LogP contribution in [0.5, 0.6) is 0 Å². The molecule has 0 aliphatic rings. The van der Waals surface area contributed by atoms with Crippen molar-refractivity contribution in [2.45, 2.75) is 84.3 Å². The molecular weight excluding hydrogens is 503 g/mol. The largest absolute Gasteiger partial charge is 0.474 e. The van der Waals surface area contributed by atoms with Gasteiger partial charge in [0.1, 0.15) is 13.2 Å². The van der Waals surface area contributed by atoms with Crippen molar-refractivity contribution in [3.63, 3.8) is 0 Å². The van der Waals surface area contributed by atoms with E-state index in [9.17, 15) is 14.3 Å². The molecule has 0 aromatic rings. The van der Waals surface area contributed by atoms with Gasteiger partial charge in [0, 0.05) is 13.0 Å². The van der Waals surface area contributed by atoms with Crippen molar-refractivity contribution in [2.75, 3.05) is 47.4 Å². The summed E-state index contributed by atoms with van der Waals surface area (Å²) >= 11 is 0. The molecule has 2 atom stereocenters. The van der Waals surface area contributed by atoms with E-state index in [2.05, 4.69) is 60.8 Å². The molecule has 0 heterocycles. The quantitative estimate of drug-likeness (QED) is 0.0466. The van der Waals surface area contributed by atoms with E-state index in [1.807, 2.05) is 21.1 Å². The second kappa shape index (κ2) is 23.4. The fourth-order valence-corrected chi connectivity index (χ4v) is 3.93. The van der Waals surface area contributed by atoms with Gasteiger partial charge in [0.15, 0.2) is 6.29 Å². The molecule has 38 heavy (non-hydrogen) atoms. The molecule has 0 saturated carbocycles. The Morgan fingerprint density at radius 1 is 0.895 bits per heavy atom. The molecule has 0 fully saturated rings. The van der Waals surface area contributed by atoms with Crippen LogP contribution in [0.4, 0.5) is 0 Å². The summed E-state index contributed by atoms with van der Waals surface area (Å²) in [5, 5.41) is 2.78. The number of amides is 1. The van der Waals surface area contributed by atoms with Crippen LogP contribution in [0.3, 0.4) is 0 Å². The fourth-order valence-electron chi connectivity index (χ4n) is 3.12. The SMILES string of the molecule is CCCCC/C=C\C/C=C\C/C=C\C/C=C\CCCC(=O)NCCOC(C)OP(=O)(O)OCC[N+](C)(C)C. The maximum atomic E-state index is 11.9. The van der Waals surface area contributed by atoms with Gasteiger partial charge in [0.2, 0.25) is 5.91 Å². The lowest BCUT2D eigenvalue weighted by Gasteiger charge is -2.24. The lowest BCUT2D eigenvalue weighted by Crippen LogP contribution is -2.37. The minimum Gasteiger partial charge on any atom is -0.354 e. The van der Waals surface area contributed by atoms with Gasteiger partial charge >= 0.3 is 7.82 Å². The number of carbonyl (C=O) groups excluding carboxylic acids is 1. The van der Waals surface area contributed by atoms with Crippen LogP contribution in [-0.2, 0) is 23.1 Å². The summed E-state index contributed by atoms with van der Waals surface area (Å²) in [6, 6.07) is 0. The highest BCUT2D eigenvalue weighted by molar-refractivity contribution is 7.47. The smallest absolute Gasteiger partial charge is 0.354 e. The molecule has 0 aromatic heterocycles. The summed E-state index contributed by atoms with van der Waals surface area (Å²) in [5.74, 6) is -0.0467. The van der Waals surface area contributed by atoms with Gasteiger partial charge < -0.3 is 19.4 Å². The number of hydrogen-bond donors (Lipinski definition) is 2. The average Bonchev–Trinajstić information content (AvgIpc) is 2.82. The molecule has 0 aliphatic heterocycles. The summed E-state index contributed by atoms with van der Waals surface area (Å²) < 4.78 is 27.8. The summed E-state index contributed by atoms with van der Waals surface area (Å²) in [6.07, 6.45) is 26.6. The highest BCUT2D eigenvalue weighted by atomic mass is 31.2. The molecule has 0 rings (SSSR count). The van der Waals surface area contributed by atoms with Crippen LogP contribution in [0.2, 0.25) is 0 Å². The standard InChI is InChI=1S/C29H53N2O6P/c1-6-7-8-9-10-11-12-13-14-15-16-17-18-19-20-21-22-23-29(32)30-24-26-35-28(2)37-38(33,34)36-27-25-31(3,4)5/h10-11,13-14,16-17,19-20,28H,6-9,12,15,18,21-27H2,1-5H3,(H-,30,32,33,34)/p+1/b11-10-,14-13-,17-16-,20-19-. The molecule has 220 valence electrons. The number of quaternary nitrogens is 1. The van der Waals surface area contributed by atoms with Crippen LogP contribution < -0.4 is 5.32 Å². The number of hydrogen-bond acceptors (Lipinski definition) is 5. The molecule has 0 radical (unpaired) electrons. The predicted molar refractivity (Wildman–Crippen MR) is 157 cm³/mol. The van der Waals surface area contributed by atoms with E-state index in [0.717, 1.165) is 32.1 Å². The number of ether oxygens (including phenoxy) is 1. The predicted octanol–water partition coefficient (Wildman–Crippen LogP) is 6.45. The lowest BCUT2D eigenvalue weighted by atomic mass is 10.2. The normalized spacial score (nSPS) is 15.2. The minimum atomic E-state index is -4.18. The summed E-state index contributed by atoms with van der Waals surface area (Å²) in [4.78, 5) is 21.7.